The molecule has 0 aliphatic heterocycles. The number of aryl methyl sites for hydroxylation is 1. The highest BCUT2D eigenvalue weighted by Gasteiger charge is 2.13. The summed E-state index contributed by atoms with van der Waals surface area (Å²) in [6, 6.07) is 6.88. The lowest BCUT2D eigenvalue weighted by atomic mass is 9.95. The van der Waals surface area contributed by atoms with E-state index in [0.717, 1.165) is 11.1 Å². The van der Waals surface area contributed by atoms with Crippen molar-refractivity contribution in [1.29, 1.82) is 0 Å². The van der Waals surface area contributed by atoms with Crippen molar-refractivity contribution in [3.05, 3.63) is 29.3 Å². The van der Waals surface area contributed by atoms with Crippen LogP contribution < -0.4 is 11.1 Å². The lowest BCUT2D eigenvalue weighted by Crippen LogP contribution is -2.22. The number of nitrogens with two attached hydrogens (primary N) is 1. The molecule has 3 heteroatoms. The fraction of sp³-hybridized carbons (Fsp3) is 0.500. The van der Waals surface area contributed by atoms with Gasteiger partial charge in [0.05, 0.1) is 0 Å². The van der Waals surface area contributed by atoms with Crippen LogP contribution in [-0.4, -0.2) is 11.0 Å². The average molecular weight is 248 g/mol. The Morgan fingerprint density at radius 2 is 2.00 bits per heavy atom. The van der Waals surface area contributed by atoms with E-state index in [0.29, 0.717) is 11.0 Å². The minimum Gasteiger partial charge on any atom is -0.389 e. The van der Waals surface area contributed by atoms with Crippen molar-refractivity contribution in [1.82, 2.24) is 0 Å². The van der Waals surface area contributed by atoms with Crippen molar-refractivity contribution in [2.24, 2.45) is 5.73 Å². The molecule has 1 aromatic carbocycles. The number of anilines is 1. The van der Waals surface area contributed by atoms with E-state index in [2.05, 4.69) is 24.4 Å². The molecular formula is C14H20N2S. The zero-order valence-corrected chi connectivity index (χ0v) is 11.1. The van der Waals surface area contributed by atoms with Crippen molar-refractivity contribution >= 4 is 22.9 Å². The van der Waals surface area contributed by atoms with Gasteiger partial charge < -0.3 is 11.1 Å². The Balaban J connectivity index is 2.06. The maximum Gasteiger partial charge on any atom is 0.104 e. The second-order valence-corrected chi connectivity index (χ2v) is 5.31. The molecule has 1 aliphatic rings. The SMILES string of the molecule is Cc1cc(NC2CCCCC2)ccc1C(N)=S. The van der Waals surface area contributed by atoms with Crippen LogP contribution in [-0.2, 0) is 0 Å². The number of benzene rings is 1. The van der Waals surface area contributed by atoms with E-state index < -0.39 is 0 Å². The van der Waals surface area contributed by atoms with Crippen LogP contribution in [0.3, 0.4) is 0 Å². The van der Waals surface area contributed by atoms with E-state index in [1.165, 1.54) is 37.8 Å². The summed E-state index contributed by atoms with van der Waals surface area (Å²) in [6.45, 7) is 2.06. The molecule has 0 unspecified atom stereocenters. The molecule has 0 heterocycles. The van der Waals surface area contributed by atoms with E-state index in [1.54, 1.807) is 0 Å². The van der Waals surface area contributed by atoms with Gasteiger partial charge in [0, 0.05) is 17.3 Å². The zero-order valence-electron chi connectivity index (χ0n) is 10.3. The van der Waals surface area contributed by atoms with Crippen LogP contribution in [0.5, 0.6) is 0 Å². The van der Waals surface area contributed by atoms with Crippen LogP contribution in [0.15, 0.2) is 18.2 Å². The molecule has 0 bridgehead atoms. The van der Waals surface area contributed by atoms with Crippen LogP contribution in [0.1, 0.15) is 43.2 Å². The highest BCUT2D eigenvalue weighted by molar-refractivity contribution is 7.80. The monoisotopic (exact) mass is 248 g/mol. The van der Waals surface area contributed by atoms with E-state index in [9.17, 15) is 0 Å². The summed E-state index contributed by atoms with van der Waals surface area (Å²) in [5.41, 5.74) is 8.98. The summed E-state index contributed by atoms with van der Waals surface area (Å²) in [6.07, 6.45) is 6.66. The van der Waals surface area contributed by atoms with E-state index in [4.69, 9.17) is 18.0 Å². The van der Waals surface area contributed by atoms with Crippen LogP contribution >= 0.6 is 12.2 Å². The smallest absolute Gasteiger partial charge is 0.104 e. The van der Waals surface area contributed by atoms with Crippen molar-refractivity contribution in [2.75, 3.05) is 5.32 Å². The van der Waals surface area contributed by atoms with E-state index in [-0.39, 0.29) is 0 Å². The number of hydrogen-bond donors (Lipinski definition) is 2. The quantitative estimate of drug-likeness (QED) is 0.805. The van der Waals surface area contributed by atoms with Gasteiger partial charge in [-0.2, -0.15) is 0 Å². The fourth-order valence-electron chi connectivity index (χ4n) is 2.51. The highest BCUT2D eigenvalue weighted by atomic mass is 32.1. The normalized spacial score (nSPS) is 16.8. The second kappa shape index (κ2) is 5.50. The molecule has 2 nitrogen and oxygen atoms in total. The van der Waals surface area contributed by atoms with Crippen LogP contribution in [0, 0.1) is 6.92 Å². The zero-order chi connectivity index (χ0) is 12.3. The summed E-state index contributed by atoms with van der Waals surface area (Å²) in [7, 11) is 0. The van der Waals surface area contributed by atoms with Gasteiger partial charge in [0.2, 0.25) is 0 Å². The largest absolute Gasteiger partial charge is 0.389 e. The topological polar surface area (TPSA) is 38.0 Å². The molecule has 0 radical (unpaired) electrons. The number of nitrogens with one attached hydrogen (secondary N) is 1. The first-order valence-electron chi connectivity index (χ1n) is 6.34. The maximum atomic E-state index is 5.66. The van der Waals surface area contributed by atoms with Crippen molar-refractivity contribution in [2.45, 2.75) is 45.1 Å². The molecule has 17 heavy (non-hydrogen) atoms. The lowest BCUT2D eigenvalue weighted by molar-refractivity contribution is 0.463. The minimum absolute atomic E-state index is 0.478. The average Bonchev–Trinajstić information content (AvgIpc) is 2.30. The Hall–Kier alpha value is -1.09. The molecule has 0 aromatic heterocycles. The second-order valence-electron chi connectivity index (χ2n) is 4.87. The minimum atomic E-state index is 0.478. The molecule has 3 N–H and O–H groups in total. The van der Waals surface area contributed by atoms with Gasteiger partial charge in [-0.3, -0.25) is 0 Å². The Bertz CT molecular complexity index is 409. The standard InChI is InChI=1S/C14H20N2S/c1-10-9-12(7-8-13(10)14(15)17)16-11-5-3-2-4-6-11/h7-9,11,16H,2-6H2,1H3,(H2,15,17). The van der Waals surface area contributed by atoms with E-state index in [1.807, 2.05) is 6.07 Å². The first kappa shape index (κ1) is 12.4. The Morgan fingerprint density at radius 3 is 2.59 bits per heavy atom. The summed E-state index contributed by atoms with van der Waals surface area (Å²) < 4.78 is 0. The third-order valence-corrected chi connectivity index (χ3v) is 3.69. The Kier molecular flexibility index (Phi) is 4.00. The van der Waals surface area contributed by atoms with Gasteiger partial charge in [-0.1, -0.05) is 31.5 Å². The van der Waals surface area contributed by atoms with Gasteiger partial charge in [-0.25, -0.2) is 0 Å². The highest BCUT2D eigenvalue weighted by Crippen LogP contribution is 2.23. The predicted molar refractivity (Wildman–Crippen MR) is 77.6 cm³/mol. The van der Waals surface area contributed by atoms with Gasteiger partial charge in [-0.05, 0) is 43.5 Å². The number of thiocarbonyl (C=S) groups is 1. The summed E-state index contributed by atoms with van der Waals surface area (Å²) in [5.74, 6) is 0. The molecular weight excluding hydrogens is 228 g/mol. The molecule has 0 atom stereocenters. The predicted octanol–water partition coefficient (Wildman–Crippen LogP) is 3.37. The van der Waals surface area contributed by atoms with Crippen molar-refractivity contribution in [3.8, 4) is 0 Å². The van der Waals surface area contributed by atoms with Gasteiger partial charge in [0.1, 0.15) is 4.99 Å². The summed E-state index contributed by atoms with van der Waals surface area (Å²) >= 11 is 5.01. The van der Waals surface area contributed by atoms with Gasteiger partial charge >= 0.3 is 0 Å². The van der Waals surface area contributed by atoms with Crippen LogP contribution in [0.25, 0.3) is 0 Å². The maximum absolute atomic E-state index is 5.66. The molecule has 2 rings (SSSR count). The van der Waals surface area contributed by atoms with Gasteiger partial charge in [-0.15, -0.1) is 0 Å². The molecule has 1 aromatic rings. The molecule has 1 saturated carbocycles. The third-order valence-electron chi connectivity index (χ3n) is 3.47. The summed E-state index contributed by atoms with van der Waals surface area (Å²) in [5, 5.41) is 3.60. The van der Waals surface area contributed by atoms with Crippen LogP contribution in [0.2, 0.25) is 0 Å². The van der Waals surface area contributed by atoms with Crippen LogP contribution in [0.4, 0.5) is 5.69 Å². The fourth-order valence-corrected chi connectivity index (χ4v) is 2.74. The number of rotatable bonds is 3. The first-order chi connectivity index (χ1) is 8.16. The van der Waals surface area contributed by atoms with Crippen molar-refractivity contribution < 1.29 is 0 Å². The Labute approximate surface area is 109 Å². The van der Waals surface area contributed by atoms with Gasteiger partial charge in [0.25, 0.3) is 0 Å². The summed E-state index contributed by atoms with van der Waals surface area (Å²) in [4.78, 5) is 0.478. The molecule has 0 amide bonds. The first-order valence-corrected chi connectivity index (χ1v) is 6.74. The van der Waals surface area contributed by atoms with Crippen molar-refractivity contribution in [3.63, 3.8) is 0 Å². The molecule has 92 valence electrons. The molecule has 0 saturated heterocycles. The third kappa shape index (κ3) is 3.19. The molecule has 0 spiro atoms. The Morgan fingerprint density at radius 1 is 1.29 bits per heavy atom. The molecule has 1 aliphatic carbocycles. The van der Waals surface area contributed by atoms with Gasteiger partial charge in [0.15, 0.2) is 0 Å². The van der Waals surface area contributed by atoms with E-state index >= 15 is 0 Å². The number of hydrogen-bond acceptors (Lipinski definition) is 2. The lowest BCUT2D eigenvalue weighted by Gasteiger charge is -2.24. The molecule has 1 fully saturated rings.